The van der Waals surface area contributed by atoms with Crippen molar-refractivity contribution in [2.24, 2.45) is 4.99 Å². The predicted molar refractivity (Wildman–Crippen MR) is 139 cm³/mol. The molecule has 8 heteroatoms. The van der Waals surface area contributed by atoms with Gasteiger partial charge in [0.15, 0.2) is 5.96 Å². The van der Waals surface area contributed by atoms with Crippen LogP contribution in [0.15, 0.2) is 29.3 Å². The van der Waals surface area contributed by atoms with Gasteiger partial charge >= 0.3 is 0 Å². The van der Waals surface area contributed by atoms with E-state index in [1.807, 2.05) is 13.8 Å². The number of halogens is 1. The second-order valence-corrected chi connectivity index (χ2v) is 8.93. The Bertz CT molecular complexity index is 833. The van der Waals surface area contributed by atoms with E-state index >= 15 is 0 Å². The number of hydrogen-bond donors (Lipinski definition) is 2. The molecule has 3 rings (SSSR count). The first-order chi connectivity index (χ1) is 14.6. The van der Waals surface area contributed by atoms with Crippen LogP contribution in [-0.4, -0.2) is 43.9 Å². The summed E-state index contributed by atoms with van der Waals surface area (Å²) >= 11 is 1.72. The lowest BCUT2D eigenvalue weighted by Crippen LogP contribution is -2.48. The zero-order chi connectivity index (χ0) is 21.4. The van der Waals surface area contributed by atoms with Crippen LogP contribution in [0.5, 0.6) is 5.75 Å². The van der Waals surface area contributed by atoms with Gasteiger partial charge in [0.1, 0.15) is 5.75 Å². The van der Waals surface area contributed by atoms with Gasteiger partial charge in [-0.2, -0.15) is 0 Å². The van der Waals surface area contributed by atoms with Crippen LogP contribution in [0.1, 0.15) is 47.8 Å². The number of aryl methyl sites for hydroxylation is 2. The zero-order valence-electron chi connectivity index (χ0n) is 19.0. The molecule has 0 spiro atoms. The van der Waals surface area contributed by atoms with Crippen molar-refractivity contribution in [3.8, 4) is 5.75 Å². The van der Waals surface area contributed by atoms with Crippen LogP contribution in [0.3, 0.4) is 0 Å². The molecule has 1 aliphatic heterocycles. The van der Waals surface area contributed by atoms with Gasteiger partial charge in [-0.1, -0.05) is 12.1 Å². The lowest BCUT2D eigenvalue weighted by Gasteiger charge is -2.38. The molecule has 1 aliphatic rings. The zero-order valence-corrected chi connectivity index (χ0v) is 22.1. The smallest absolute Gasteiger partial charge is 0.191 e. The number of guanidine groups is 1. The molecule has 0 unspecified atom stereocenters. The number of hydrogen-bond acceptors (Lipinski definition) is 5. The summed E-state index contributed by atoms with van der Waals surface area (Å²) in [5, 5.41) is 8.08. The summed E-state index contributed by atoms with van der Waals surface area (Å²) in [7, 11) is 0. The molecule has 2 N–H and O–H groups in total. The van der Waals surface area contributed by atoms with E-state index in [-0.39, 0.29) is 29.4 Å². The number of aromatic nitrogens is 1. The number of aliphatic imine (C=N–C) groups is 1. The number of benzene rings is 1. The Morgan fingerprint density at radius 1 is 1.16 bits per heavy atom. The molecule has 0 radical (unpaired) electrons. The van der Waals surface area contributed by atoms with Gasteiger partial charge in [0.2, 0.25) is 0 Å². The normalized spacial score (nSPS) is 15.8. The summed E-state index contributed by atoms with van der Waals surface area (Å²) in [5.74, 6) is 1.77. The van der Waals surface area contributed by atoms with Gasteiger partial charge < -0.3 is 20.1 Å². The number of nitrogens with one attached hydrogen (secondary N) is 2. The third kappa shape index (κ3) is 7.05. The second-order valence-electron chi connectivity index (χ2n) is 7.64. The van der Waals surface area contributed by atoms with Crippen molar-refractivity contribution in [3.05, 3.63) is 45.4 Å². The van der Waals surface area contributed by atoms with E-state index in [1.54, 1.807) is 11.3 Å². The first kappa shape index (κ1) is 25.9. The lowest BCUT2D eigenvalue weighted by molar-refractivity contribution is 0.0513. The quantitative estimate of drug-likeness (QED) is 0.282. The largest absolute Gasteiger partial charge is 0.494 e. The molecular formula is C23H35IN4O2S. The highest BCUT2D eigenvalue weighted by Crippen LogP contribution is 2.35. The standard InChI is InChI=1S/C23H34N4O2S.HI/c1-5-24-22(25-15-21-17(3)27-18(4)30-21)26-16-23(11-13-28-14-12-23)19-7-9-20(10-8-19)29-6-2;/h7-10H,5-6,11-16H2,1-4H3,(H2,24,25,26);1H. The highest BCUT2D eigenvalue weighted by molar-refractivity contribution is 14.0. The van der Waals surface area contributed by atoms with E-state index in [4.69, 9.17) is 14.5 Å². The van der Waals surface area contributed by atoms with E-state index in [1.165, 1.54) is 10.4 Å². The molecule has 1 fully saturated rings. The monoisotopic (exact) mass is 558 g/mol. The fourth-order valence-electron chi connectivity index (χ4n) is 3.87. The van der Waals surface area contributed by atoms with Crippen molar-refractivity contribution in [1.82, 2.24) is 15.6 Å². The van der Waals surface area contributed by atoms with Crippen molar-refractivity contribution >= 4 is 41.3 Å². The molecule has 0 amide bonds. The maximum absolute atomic E-state index is 5.68. The van der Waals surface area contributed by atoms with Gasteiger partial charge in [0.25, 0.3) is 0 Å². The van der Waals surface area contributed by atoms with Gasteiger partial charge in [-0.3, -0.25) is 0 Å². The number of rotatable bonds is 8. The van der Waals surface area contributed by atoms with Crippen LogP contribution < -0.4 is 15.4 Å². The molecule has 172 valence electrons. The van der Waals surface area contributed by atoms with Crippen LogP contribution >= 0.6 is 35.3 Å². The molecular weight excluding hydrogens is 523 g/mol. The van der Waals surface area contributed by atoms with Gasteiger partial charge in [-0.15, -0.1) is 35.3 Å². The Hall–Kier alpha value is -1.39. The summed E-state index contributed by atoms with van der Waals surface area (Å²) in [4.78, 5) is 10.5. The van der Waals surface area contributed by atoms with Crippen LogP contribution in [-0.2, 0) is 16.7 Å². The highest BCUT2D eigenvalue weighted by atomic mass is 127. The van der Waals surface area contributed by atoms with Crippen LogP contribution in [0.4, 0.5) is 0 Å². The van der Waals surface area contributed by atoms with E-state index in [9.17, 15) is 0 Å². The molecule has 1 aromatic carbocycles. The summed E-state index contributed by atoms with van der Waals surface area (Å²) in [6.45, 7) is 12.7. The van der Waals surface area contributed by atoms with Crippen molar-refractivity contribution in [3.63, 3.8) is 0 Å². The molecule has 0 saturated carbocycles. The number of ether oxygens (including phenoxy) is 2. The van der Waals surface area contributed by atoms with Gasteiger partial charge in [-0.05, 0) is 58.2 Å². The summed E-state index contributed by atoms with van der Waals surface area (Å²) in [6.07, 6.45) is 1.97. The Labute approximate surface area is 207 Å². The van der Waals surface area contributed by atoms with Gasteiger partial charge in [0.05, 0.1) is 23.9 Å². The Kier molecular flexibility index (Phi) is 10.5. The van der Waals surface area contributed by atoms with E-state index in [0.717, 1.165) is 61.6 Å². The molecule has 0 bridgehead atoms. The summed E-state index contributed by atoms with van der Waals surface area (Å²) in [5.41, 5.74) is 2.43. The van der Waals surface area contributed by atoms with Crippen molar-refractivity contribution in [2.75, 3.05) is 32.9 Å². The minimum atomic E-state index is 0. The van der Waals surface area contributed by atoms with Crippen molar-refractivity contribution in [1.29, 1.82) is 0 Å². The summed E-state index contributed by atoms with van der Waals surface area (Å²) < 4.78 is 11.3. The van der Waals surface area contributed by atoms with Crippen molar-refractivity contribution < 1.29 is 9.47 Å². The van der Waals surface area contributed by atoms with Crippen LogP contribution in [0, 0.1) is 13.8 Å². The maximum atomic E-state index is 5.68. The first-order valence-corrected chi connectivity index (χ1v) is 11.6. The SMILES string of the molecule is CCNC(=NCc1sc(C)nc1C)NCC1(c2ccc(OCC)cc2)CCOCC1.I. The summed E-state index contributed by atoms with van der Waals surface area (Å²) in [6, 6.07) is 8.55. The molecule has 6 nitrogen and oxygen atoms in total. The van der Waals surface area contributed by atoms with E-state index < -0.39 is 0 Å². The third-order valence-corrected chi connectivity index (χ3v) is 6.60. The maximum Gasteiger partial charge on any atom is 0.191 e. The predicted octanol–water partition coefficient (Wildman–Crippen LogP) is 4.58. The number of thiazole rings is 1. The topological polar surface area (TPSA) is 67.8 Å². The molecule has 0 aliphatic carbocycles. The number of nitrogens with zero attached hydrogens (tertiary/aromatic N) is 2. The van der Waals surface area contributed by atoms with Gasteiger partial charge in [-0.25, -0.2) is 9.98 Å². The Morgan fingerprint density at radius 3 is 2.45 bits per heavy atom. The second kappa shape index (κ2) is 12.6. The molecule has 2 aromatic rings. The van der Waals surface area contributed by atoms with Crippen LogP contribution in [0.2, 0.25) is 0 Å². The molecule has 31 heavy (non-hydrogen) atoms. The van der Waals surface area contributed by atoms with E-state index in [0.29, 0.717) is 13.2 Å². The third-order valence-electron chi connectivity index (χ3n) is 5.55. The van der Waals surface area contributed by atoms with Crippen molar-refractivity contribution in [2.45, 2.75) is 52.5 Å². The molecule has 0 atom stereocenters. The molecule has 2 heterocycles. The van der Waals surface area contributed by atoms with Gasteiger partial charge in [0, 0.05) is 36.6 Å². The minimum absolute atomic E-state index is 0. The van der Waals surface area contributed by atoms with Crippen LogP contribution in [0.25, 0.3) is 0 Å². The lowest BCUT2D eigenvalue weighted by atomic mass is 9.74. The first-order valence-electron chi connectivity index (χ1n) is 10.8. The Balaban J connectivity index is 0.00000341. The average Bonchev–Trinajstić information content (AvgIpc) is 3.08. The fraction of sp³-hybridized carbons (Fsp3) is 0.565. The van der Waals surface area contributed by atoms with E-state index in [2.05, 4.69) is 53.7 Å². The minimum Gasteiger partial charge on any atom is -0.494 e. The average molecular weight is 559 g/mol. The fourth-order valence-corrected chi connectivity index (χ4v) is 4.73. The molecule has 1 aromatic heterocycles. The highest BCUT2D eigenvalue weighted by Gasteiger charge is 2.34. The molecule has 1 saturated heterocycles. The Morgan fingerprint density at radius 2 is 1.87 bits per heavy atom.